The van der Waals surface area contributed by atoms with Gasteiger partial charge in [0.1, 0.15) is 0 Å². The number of amides is 1. The van der Waals surface area contributed by atoms with E-state index in [2.05, 4.69) is 6.92 Å². The molecule has 66 valence electrons. The first-order chi connectivity index (χ1) is 5.22. The largest absolute Gasteiger partial charge is 0.343 e. The highest BCUT2D eigenvalue weighted by Crippen LogP contribution is 1.99. The third kappa shape index (κ3) is 4.82. The van der Waals surface area contributed by atoms with Crippen molar-refractivity contribution in [2.45, 2.75) is 46.1 Å². The molecule has 0 rings (SSSR count). The van der Waals surface area contributed by atoms with Gasteiger partial charge in [0.05, 0.1) is 0 Å². The van der Waals surface area contributed by atoms with Crippen LogP contribution in [0.1, 0.15) is 40.0 Å². The number of carbonyl (C=O) groups excluding carboxylic acids is 1. The van der Waals surface area contributed by atoms with Gasteiger partial charge in [-0.15, -0.1) is 0 Å². The second kappa shape index (κ2) is 6.20. The zero-order valence-electron chi connectivity index (χ0n) is 7.84. The summed E-state index contributed by atoms with van der Waals surface area (Å²) < 4.78 is 0. The van der Waals surface area contributed by atoms with Gasteiger partial charge in [-0.2, -0.15) is 0 Å². The lowest BCUT2D eigenvalue weighted by molar-refractivity contribution is -0.119. The lowest BCUT2D eigenvalue weighted by Crippen LogP contribution is -2.30. The molecule has 11 heavy (non-hydrogen) atoms. The highest BCUT2D eigenvalue weighted by molar-refractivity contribution is 5.47. The summed E-state index contributed by atoms with van der Waals surface area (Å²) >= 11 is 0. The van der Waals surface area contributed by atoms with E-state index in [0.29, 0.717) is 6.04 Å². The van der Waals surface area contributed by atoms with E-state index in [9.17, 15) is 4.79 Å². The van der Waals surface area contributed by atoms with Crippen LogP contribution in [0.3, 0.4) is 0 Å². The molecule has 0 aromatic heterocycles. The third-order valence-electron chi connectivity index (χ3n) is 1.82. The highest BCUT2D eigenvalue weighted by atomic mass is 16.1. The Balaban J connectivity index is 3.44. The molecule has 1 amide bonds. The predicted molar refractivity (Wildman–Crippen MR) is 47.4 cm³/mol. The van der Waals surface area contributed by atoms with Gasteiger partial charge in [-0.1, -0.05) is 19.8 Å². The van der Waals surface area contributed by atoms with Crippen LogP contribution in [-0.4, -0.2) is 23.9 Å². The molecule has 0 bridgehead atoms. The van der Waals surface area contributed by atoms with Gasteiger partial charge in [0.2, 0.25) is 6.41 Å². The van der Waals surface area contributed by atoms with Crippen molar-refractivity contribution >= 4 is 6.41 Å². The summed E-state index contributed by atoms with van der Waals surface area (Å²) in [6.07, 6.45) is 4.51. The molecule has 0 aliphatic rings. The lowest BCUT2D eigenvalue weighted by Gasteiger charge is -2.21. The Morgan fingerprint density at radius 1 is 1.36 bits per heavy atom. The van der Waals surface area contributed by atoms with Gasteiger partial charge >= 0.3 is 0 Å². The number of nitrogens with zero attached hydrogens (tertiary/aromatic N) is 1. The topological polar surface area (TPSA) is 20.3 Å². The molecule has 0 aromatic carbocycles. The summed E-state index contributed by atoms with van der Waals surface area (Å²) in [5, 5.41) is 0. The van der Waals surface area contributed by atoms with Crippen LogP contribution in [0.15, 0.2) is 0 Å². The average molecular weight is 157 g/mol. The third-order valence-corrected chi connectivity index (χ3v) is 1.82. The molecule has 0 unspecified atom stereocenters. The highest BCUT2D eigenvalue weighted by Gasteiger charge is 2.03. The van der Waals surface area contributed by atoms with Gasteiger partial charge in [-0.05, 0) is 20.3 Å². The first-order valence-electron chi connectivity index (χ1n) is 4.43. The summed E-state index contributed by atoms with van der Waals surface area (Å²) in [7, 11) is 0. The van der Waals surface area contributed by atoms with Crippen molar-refractivity contribution in [3.8, 4) is 0 Å². The average Bonchev–Trinajstić information content (AvgIpc) is 1.97. The fraction of sp³-hybridized carbons (Fsp3) is 0.889. The van der Waals surface area contributed by atoms with Crippen molar-refractivity contribution in [1.82, 2.24) is 4.90 Å². The Kier molecular flexibility index (Phi) is 5.90. The van der Waals surface area contributed by atoms with Gasteiger partial charge in [0.15, 0.2) is 0 Å². The van der Waals surface area contributed by atoms with E-state index >= 15 is 0 Å². The minimum absolute atomic E-state index is 0.351. The molecule has 0 heterocycles. The van der Waals surface area contributed by atoms with Crippen molar-refractivity contribution in [3.05, 3.63) is 0 Å². The molecule has 2 heteroatoms. The summed E-state index contributed by atoms with van der Waals surface area (Å²) in [4.78, 5) is 12.3. The summed E-state index contributed by atoms with van der Waals surface area (Å²) in [5.41, 5.74) is 0. The van der Waals surface area contributed by atoms with Crippen LogP contribution in [-0.2, 0) is 4.79 Å². The molecule has 0 radical (unpaired) electrons. The van der Waals surface area contributed by atoms with E-state index < -0.39 is 0 Å². The molecular formula is C9H19NO. The number of carbonyl (C=O) groups is 1. The van der Waals surface area contributed by atoms with Crippen molar-refractivity contribution in [1.29, 1.82) is 0 Å². The Morgan fingerprint density at radius 3 is 2.36 bits per heavy atom. The maximum atomic E-state index is 10.5. The summed E-state index contributed by atoms with van der Waals surface area (Å²) in [5.74, 6) is 0. The minimum atomic E-state index is 0.351. The van der Waals surface area contributed by atoms with Crippen LogP contribution in [0.25, 0.3) is 0 Å². The van der Waals surface area contributed by atoms with Gasteiger partial charge < -0.3 is 4.90 Å². The number of hydrogen-bond acceptors (Lipinski definition) is 1. The first-order valence-corrected chi connectivity index (χ1v) is 4.43. The van der Waals surface area contributed by atoms with Crippen LogP contribution in [0.5, 0.6) is 0 Å². The molecule has 0 atom stereocenters. The van der Waals surface area contributed by atoms with Crippen LogP contribution in [0, 0.1) is 0 Å². The van der Waals surface area contributed by atoms with Crippen molar-refractivity contribution in [2.24, 2.45) is 0 Å². The fourth-order valence-electron chi connectivity index (χ4n) is 0.977. The summed E-state index contributed by atoms with van der Waals surface area (Å²) in [6.45, 7) is 7.16. The van der Waals surface area contributed by atoms with Gasteiger partial charge in [-0.25, -0.2) is 0 Å². The molecule has 0 spiro atoms. The maximum Gasteiger partial charge on any atom is 0.209 e. The molecule has 0 aliphatic carbocycles. The van der Waals surface area contributed by atoms with E-state index in [1.165, 1.54) is 12.8 Å². The molecule has 0 aromatic rings. The quantitative estimate of drug-likeness (QED) is 0.427. The van der Waals surface area contributed by atoms with Crippen LogP contribution < -0.4 is 0 Å². The molecule has 0 saturated heterocycles. The minimum Gasteiger partial charge on any atom is -0.343 e. The van der Waals surface area contributed by atoms with Crippen molar-refractivity contribution in [3.63, 3.8) is 0 Å². The Hall–Kier alpha value is -0.530. The van der Waals surface area contributed by atoms with Crippen LogP contribution >= 0.6 is 0 Å². The zero-order valence-corrected chi connectivity index (χ0v) is 7.84. The van der Waals surface area contributed by atoms with E-state index in [1.807, 2.05) is 18.7 Å². The number of rotatable bonds is 6. The normalized spacial score (nSPS) is 10.2. The predicted octanol–water partition coefficient (Wildman–Crippen LogP) is 2.04. The van der Waals surface area contributed by atoms with Gasteiger partial charge in [0, 0.05) is 12.6 Å². The van der Waals surface area contributed by atoms with Gasteiger partial charge in [-0.3, -0.25) is 4.79 Å². The molecule has 2 nitrogen and oxygen atoms in total. The lowest BCUT2D eigenvalue weighted by atomic mass is 10.2. The molecule has 0 aliphatic heterocycles. The zero-order chi connectivity index (χ0) is 8.69. The second-order valence-corrected chi connectivity index (χ2v) is 3.14. The molecule has 0 fully saturated rings. The summed E-state index contributed by atoms with van der Waals surface area (Å²) in [6, 6.07) is 0.351. The van der Waals surface area contributed by atoms with E-state index in [4.69, 9.17) is 0 Å². The van der Waals surface area contributed by atoms with Crippen LogP contribution in [0.2, 0.25) is 0 Å². The van der Waals surface area contributed by atoms with Crippen molar-refractivity contribution < 1.29 is 4.79 Å². The maximum absolute atomic E-state index is 10.5. The Bertz CT molecular complexity index is 102. The Labute approximate surface area is 69.6 Å². The monoisotopic (exact) mass is 157 g/mol. The molecule has 0 saturated carbocycles. The molecular weight excluding hydrogens is 138 g/mol. The second-order valence-electron chi connectivity index (χ2n) is 3.14. The standard InChI is InChI=1S/C9H19NO/c1-4-5-6-7-10(8-11)9(2)3/h8-9H,4-7H2,1-3H3. The smallest absolute Gasteiger partial charge is 0.209 e. The number of hydrogen-bond donors (Lipinski definition) is 0. The first kappa shape index (κ1) is 10.5. The van der Waals surface area contributed by atoms with Gasteiger partial charge in [0.25, 0.3) is 0 Å². The Morgan fingerprint density at radius 2 is 2.00 bits per heavy atom. The SMILES string of the molecule is CCCCCN(C=O)C(C)C. The van der Waals surface area contributed by atoms with E-state index in [0.717, 1.165) is 19.4 Å². The fourth-order valence-corrected chi connectivity index (χ4v) is 0.977. The van der Waals surface area contributed by atoms with E-state index in [1.54, 1.807) is 0 Å². The number of unbranched alkanes of at least 4 members (excludes halogenated alkanes) is 2. The van der Waals surface area contributed by atoms with E-state index in [-0.39, 0.29) is 0 Å². The van der Waals surface area contributed by atoms with Crippen LogP contribution in [0.4, 0.5) is 0 Å². The molecule has 0 N–H and O–H groups in total. The van der Waals surface area contributed by atoms with Crippen molar-refractivity contribution in [2.75, 3.05) is 6.54 Å².